The van der Waals surface area contributed by atoms with Gasteiger partial charge in [-0.2, -0.15) is 0 Å². The van der Waals surface area contributed by atoms with Crippen molar-refractivity contribution in [2.75, 3.05) is 5.75 Å². The van der Waals surface area contributed by atoms with Crippen LogP contribution in [0.5, 0.6) is 0 Å². The first-order chi connectivity index (χ1) is 9.75. The lowest BCUT2D eigenvalue weighted by Gasteiger charge is -2.03. The van der Waals surface area contributed by atoms with Crippen LogP contribution in [-0.2, 0) is 4.79 Å². The van der Waals surface area contributed by atoms with Crippen LogP contribution < -0.4 is 0 Å². The molecule has 0 aliphatic carbocycles. The van der Waals surface area contributed by atoms with Gasteiger partial charge in [-0.1, -0.05) is 42.1 Å². The van der Waals surface area contributed by atoms with Crippen LogP contribution in [0.4, 0.5) is 0 Å². The van der Waals surface area contributed by atoms with Crippen molar-refractivity contribution in [2.24, 2.45) is 0 Å². The molecule has 0 aliphatic heterocycles. The summed E-state index contributed by atoms with van der Waals surface area (Å²) >= 11 is 2.77. The molecule has 1 N–H and O–H groups in total. The first kappa shape index (κ1) is 13.1. The Morgan fingerprint density at radius 2 is 2.05 bits per heavy atom. The van der Waals surface area contributed by atoms with E-state index in [1.54, 1.807) is 11.3 Å². The van der Waals surface area contributed by atoms with Gasteiger partial charge < -0.3 is 5.11 Å². The second-order valence-electron chi connectivity index (χ2n) is 4.06. The van der Waals surface area contributed by atoms with Crippen LogP contribution in [0.25, 0.3) is 21.3 Å². The van der Waals surface area contributed by atoms with Gasteiger partial charge in [0.1, 0.15) is 16.2 Å². The topological polar surface area (TPSA) is 63.1 Å². The molecule has 3 aromatic rings. The van der Waals surface area contributed by atoms with Crippen molar-refractivity contribution >= 4 is 39.3 Å². The molecule has 0 aliphatic rings. The maximum absolute atomic E-state index is 10.7. The minimum Gasteiger partial charge on any atom is -0.481 e. The van der Waals surface area contributed by atoms with Gasteiger partial charge in [0.15, 0.2) is 0 Å². The van der Waals surface area contributed by atoms with Gasteiger partial charge in [0.25, 0.3) is 0 Å². The summed E-state index contributed by atoms with van der Waals surface area (Å²) in [4.78, 5) is 20.1. The average Bonchev–Trinajstić information content (AvgIpc) is 2.90. The molecule has 0 bridgehead atoms. The Kier molecular flexibility index (Phi) is 3.66. The first-order valence-corrected chi connectivity index (χ1v) is 7.74. The number of aliphatic carboxylic acids is 1. The zero-order valence-corrected chi connectivity index (χ0v) is 11.9. The van der Waals surface area contributed by atoms with Crippen molar-refractivity contribution in [3.8, 4) is 11.1 Å². The van der Waals surface area contributed by atoms with E-state index in [9.17, 15) is 4.79 Å². The molecule has 20 heavy (non-hydrogen) atoms. The molecule has 0 radical (unpaired) electrons. The number of aromatic nitrogens is 2. The molecule has 0 atom stereocenters. The summed E-state index contributed by atoms with van der Waals surface area (Å²) in [5.41, 5.74) is 2.14. The molecular formula is C14H10N2O2S2. The molecule has 100 valence electrons. The summed E-state index contributed by atoms with van der Waals surface area (Å²) < 4.78 is 0. The minimum atomic E-state index is -0.849. The van der Waals surface area contributed by atoms with Crippen LogP contribution in [0.2, 0.25) is 0 Å². The fraction of sp³-hybridized carbons (Fsp3) is 0.0714. The number of carboxylic acid groups (broad SMARTS) is 1. The summed E-state index contributed by atoms with van der Waals surface area (Å²) in [6.45, 7) is 0. The lowest BCUT2D eigenvalue weighted by atomic mass is 10.1. The average molecular weight is 302 g/mol. The Morgan fingerprint density at radius 1 is 1.25 bits per heavy atom. The van der Waals surface area contributed by atoms with Gasteiger partial charge in [0.05, 0.1) is 11.1 Å². The summed E-state index contributed by atoms with van der Waals surface area (Å²) in [7, 11) is 0. The lowest BCUT2D eigenvalue weighted by Crippen LogP contribution is -1.98. The Labute approximate surface area is 123 Å². The van der Waals surface area contributed by atoms with Crippen LogP contribution in [0.1, 0.15) is 0 Å². The van der Waals surface area contributed by atoms with Crippen LogP contribution in [0, 0.1) is 0 Å². The Hall–Kier alpha value is -1.92. The number of thiophene rings is 1. The summed E-state index contributed by atoms with van der Waals surface area (Å²) in [5.74, 6) is -0.853. The van der Waals surface area contributed by atoms with Gasteiger partial charge in [-0.15, -0.1) is 11.3 Å². The molecule has 6 heteroatoms. The number of rotatable bonds is 4. The Morgan fingerprint density at radius 3 is 2.80 bits per heavy atom. The number of hydrogen-bond acceptors (Lipinski definition) is 5. The third-order valence-corrected chi connectivity index (χ3v) is 4.61. The van der Waals surface area contributed by atoms with Gasteiger partial charge in [-0.25, -0.2) is 9.97 Å². The molecule has 3 rings (SSSR count). The van der Waals surface area contributed by atoms with Gasteiger partial charge in [0.2, 0.25) is 0 Å². The molecule has 0 spiro atoms. The third kappa shape index (κ3) is 2.52. The molecule has 0 amide bonds. The highest BCUT2D eigenvalue weighted by atomic mass is 32.2. The highest BCUT2D eigenvalue weighted by Crippen LogP contribution is 2.37. The molecule has 1 aromatic carbocycles. The van der Waals surface area contributed by atoms with Crippen LogP contribution in [0.3, 0.4) is 0 Å². The van der Waals surface area contributed by atoms with Gasteiger partial charge >= 0.3 is 5.97 Å². The molecule has 0 fully saturated rings. The van der Waals surface area contributed by atoms with E-state index in [1.807, 2.05) is 35.7 Å². The predicted octanol–water partition coefficient (Wildman–Crippen LogP) is 3.54. The number of nitrogens with zero attached hydrogens (tertiary/aromatic N) is 2. The van der Waals surface area contributed by atoms with Crippen LogP contribution in [-0.4, -0.2) is 26.8 Å². The quantitative estimate of drug-likeness (QED) is 0.590. The maximum atomic E-state index is 10.7. The molecule has 0 saturated carbocycles. The van der Waals surface area contributed by atoms with E-state index in [-0.39, 0.29) is 5.75 Å². The molecular weight excluding hydrogens is 292 g/mol. The van der Waals surface area contributed by atoms with Crippen molar-refractivity contribution in [1.29, 1.82) is 0 Å². The number of fused-ring (bicyclic) bond motifs is 1. The van der Waals surface area contributed by atoms with Crippen molar-refractivity contribution in [2.45, 2.75) is 5.03 Å². The van der Waals surface area contributed by atoms with E-state index >= 15 is 0 Å². The molecule has 0 unspecified atom stereocenters. The molecule has 4 nitrogen and oxygen atoms in total. The van der Waals surface area contributed by atoms with E-state index in [1.165, 1.54) is 18.1 Å². The number of carbonyl (C=O) groups is 1. The van der Waals surface area contributed by atoms with Gasteiger partial charge in [-0.05, 0) is 5.56 Å². The predicted molar refractivity (Wildman–Crippen MR) is 81.2 cm³/mol. The minimum absolute atomic E-state index is 0.00378. The maximum Gasteiger partial charge on any atom is 0.313 e. The van der Waals surface area contributed by atoms with Crippen molar-refractivity contribution in [1.82, 2.24) is 9.97 Å². The van der Waals surface area contributed by atoms with E-state index < -0.39 is 5.97 Å². The summed E-state index contributed by atoms with van der Waals surface area (Å²) in [6, 6.07) is 9.98. The standard InChI is InChI=1S/C14H10N2O2S2/c17-11(18)7-20-14-12-10(9-4-2-1-3-5-9)6-19-13(12)15-8-16-14/h1-6,8H,7H2,(H,17,18). The van der Waals surface area contributed by atoms with E-state index in [4.69, 9.17) is 5.11 Å². The van der Waals surface area contributed by atoms with E-state index in [2.05, 4.69) is 9.97 Å². The number of thioether (sulfide) groups is 1. The highest BCUT2D eigenvalue weighted by Gasteiger charge is 2.14. The molecule has 0 saturated heterocycles. The number of benzene rings is 1. The zero-order valence-electron chi connectivity index (χ0n) is 10.3. The normalized spacial score (nSPS) is 10.8. The smallest absolute Gasteiger partial charge is 0.313 e. The Balaban J connectivity index is 2.12. The lowest BCUT2D eigenvalue weighted by molar-refractivity contribution is -0.133. The van der Waals surface area contributed by atoms with Crippen LogP contribution >= 0.6 is 23.1 Å². The second kappa shape index (κ2) is 5.60. The summed E-state index contributed by atoms with van der Waals surface area (Å²) in [6.07, 6.45) is 1.48. The zero-order chi connectivity index (χ0) is 13.9. The monoisotopic (exact) mass is 302 g/mol. The second-order valence-corrected chi connectivity index (χ2v) is 5.88. The number of hydrogen-bond donors (Lipinski definition) is 1. The fourth-order valence-electron chi connectivity index (χ4n) is 1.92. The number of carboxylic acids is 1. The SMILES string of the molecule is O=C(O)CSc1ncnc2scc(-c3ccccc3)c12. The molecule has 2 heterocycles. The van der Waals surface area contributed by atoms with Crippen molar-refractivity contribution in [3.05, 3.63) is 42.0 Å². The fourth-order valence-corrected chi connectivity index (χ4v) is 3.63. The van der Waals surface area contributed by atoms with E-state index in [0.29, 0.717) is 0 Å². The van der Waals surface area contributed by atoms with Crippen LogP contribution in [0.15, 0.2) is 47.1 Å². The van der Waals surface area contributed by atoms with E-state index in [0.717, 1.165) is 26.4 Å². The largest absolute Gasteiger partial charge is 0.481 e. The summed E-state index contributed by atoms with van der Waals surface area (Å²) in [5, 5.41) is 12.5. The third-order valence-electron chi connectivity index (χ3n) is 2.75. The van der Waals surface area contributed by atoms with Gasteiger partial charge in [0, 0.05) is 10.9 Å². The highest BCUT2D eigenvalue weighted by molar-refractivity contribution is 8.00. The van der Waals surface area contributed by atoms with Gasteiger partial charge in [-0.3, -0.25) is 4.79 Å². The van der Waals surface area contributed by atoms with Crippen molar-refractivity contribution in [3.63, 3.8) is 0 Å². The Bertz CT molecular complexity index is 756. The first-order valence-electron chi connectivity index (χ1n) is 5.88. The molecule has 2 aromatic heterocycles. The van der Waals surface area contributed by atoms with Crippen molar-refractivity contribution < 1.29 is 9.90 Å².